The Morgan fingerprint density at radius 2 is 1.94 bits per heavy atom. The van der Waals surface area contributed by atoms with Crippen molar-refractivity contribution in [3.8, 4) is 0 Å². The number of carbonyl (C=O) groups excluding carboxylic acids is 1. The minimum absolute atomic E-state index is 0.00954. The maximum absolute atomic E-state index is 14.0. The van der Waals surface area contributed by atoms with Crippen LogP contribution in [0, 0.1) is 23.5 Å². The molecule has 1 N–H and O–H groups in total. The summed E-state index contributed by atoms with van der Waals surface area (Å²) in [6.45, 7) is 5.93. The van der Waals surface area contributed by atoms with E-state index in [9.17, 15) is 23.5 Å². The topological polar surface area (TPSA) is 77.0 Å². The third-order valence-electron chi connectivity index (χ3n) is 7.15. The first-order valence-electron chi connectivity index (χ1n) is 11.7. The van der Waals surface area contributed by atoms with Gasteiger partial charge < -0.3 is 19.8 Å². The molecule has 9 heteroatoms. The molecule has 182 valence electrons. The molecule has 4 atom stereocenters. The zero-order valence-corrected chi connectivity index (χ0v) is 19.4. The average molecular weight is 473 g/mol. The first kappa shape index (κ1) is 23.9. The fourth-order valence-electron chi connectivity index (χ4n) is 5.36. The molecule has 1 aromatic heterocycles. The van der Waals surface area contributed by atoms with Gasteiger partial charge in [0.1, 0.15) is 5.82 Å². The molecule has 2 saturated heterocycles. The van der Waals surface area contributed by atoms with E-state index in [0.29, 0.717) is 25.1 Å². The van der Waals surface area contributed by atoms with Gasteiger partial charge in [0, 0.05) is 50.8 Å². The largest absolute Gasteiger partial charge is 0.465 e. The van der Waals surface area contributed by atoms with Gasteiger partial charge in [0.25, 0.3) is 0 Å². The number of benzene rings is 1. The van der Waals surface area contributed by atoms with Crippen molar-refractivity contribution < 1.29 is 23.5 Å². The lowest BCUT2D eigenvalue weighted by molar-refractivity contribution is -0.136. The summed E-state index contributed by atoms with van der Waals surface area (Å²) in [7, 11) is 0. The number of likely N-dealkylation sites (N-methyl/N-ethyl adjacent to an activating group) is 1. The molecule has 3 heterocycles. The van der Waals surface area contributed by atoms with Crippen molar-refractivity contribution in [2.45, 2.75) is 32.2 Å². The van der Waals surface area contributed by atoms with E-state index in [1.807, 2.05) is 25.1 Å². The number of nitrogens with zero attached hydrogens (tertiary/aromatic N) is 4. The van der Waals surface area contributed by atoms with E-state index in [4.69, 9.17) is 0 Å². The van der Waals surface area contributed by atoms with E-state index < -0.39 is 29.7 Å². The lowest BCUT2D eigenvalue weighted by Crippen LogP contribution is -2.48. The molecule has 2 aliphatic rings. The van der Waals surface area contributed by atoms with Gasteiger partial charge in [0.2, 0.25) is 5.91 Å². The third kappa shape index (κ3) is 4.69. The molecular formula is C25H30F2N4O3. The van der Waals surface area contributed by atoms with Crippen molar-refractivity contribution in [2.24, 2.45) is 11.8 Å². The van der Waals surface area contributed by atoms with Crippen LogP contribution < -0.4 is 4.90 Å². The molecule has 2 amide bonds. The van der Waals surface area contributed by atoms with E-state index in [1.165, 1.54) is 11.0 Å². The van der Waals surface area contributed by atoms with E-state index in [2.05, 4.69) is 9.88 Å². The van der Waals surface area contributed by atoms with Crippen LogP contribution in [0.25, 0.3) is 0 Å². The highest BCUT2D eigenvalue weighted by atomic mass is 19.2. The second kappa shape index (κ2) is 9.95. The molecule has 0 aliphatic carbocycles. The highest BCUT2D eigenvalue weighted by Gasteiger charge is 2.44. The third-order valence-corrected chi connectivity index (χ3v) is 7.15. The van der Waals surface area contributed by atoms with Gasteiger partial charge >= 0.3 is 6.09 Å². The fraction of sp³-hybridized carbons (Fsp3) is 0.480. The zero-order chi connectivity index (χ0) is 24.4. The second-order valence-electron chi connectivity index (χ2n) is 9.17. The maximum Gasteiger partial charge on any atom is 0.407 e. The predicted molar refractivity (Wildman–Crippen MR) is 124 cm³/mol. The summed E-state index contributed by atoms with van der Waals surface area (Å²) in [5.41, 5.74) is 0.497. The fourth-order valence-corrected chi connectivity index (χ4v) is 5.36. The van der Waals surface area contributed by atoms with Crippen molar-refractivity contribution in [3.63, 3.8) is 0 Å². The molecule has 2 aromatic rings. The van der Waals surface area contributed by atoms with E-state index in [0.717, 1.165) is 18.0 Å². The van der Waals surface area contributed by atoms with Crippen LogP contribution in [0.2, 0.25) is 0 Å². The Morgan fingerprint density at radius 3 is 2.56 bits per heavy atom. The Kier molecular flexibility index (Phi) is 7.00. The van der Waals surface area contributed by atoms with E-state index in [1.54, 1.807) is 18.0 Å². The van der Waals surface area contributed by atoms with Gasteiger partial charge in [-0.3, -0.25) is 4.79 Å². The Bertz CT molecular complexity index is 1040. The first-order valence-corrected chi connectivity index (χ1v) is 11.7. The molecule has 1 aromatic carbocycles. The number of hydrogen-bond donors (Lipinski definition) is 1. The maximum atomic E-state index is 14.0. The predicted octanol–water partition coefficient (Wildman–Crippen LogP) is 3.82. The van der Waals surface area contributed by atoms with Crippen LogP contribution in [0.3, 0.4) is 0 Å². The molecule has 4 rings (SSSR count). The van der Waals surface area contributed by atoms with Crippen LogP contribution in [0.1, 0.15) is 31.7 Å². The Morgan fingerprint density at radius 1 is 1.15 bits per heavy atom. The number of hydrogen-bond acceptors (Lipinski definition) is 4. The normalized spacial score (nSPS) is 24.8. The van der Waals surface area contributed by atoms with Gasteiger partial charge in [-0.25, -0.2) is 18.6 Å². The molecule has 0 saturated carbocycles. The minimum Gasteiger partial charge on any atom is -0.465 e. The quantitative estimate of drug-likeness (QED) is 0.716. The van der Waals surface area contributed by atoms with Gasteiger partial charge in [-0.2, -0.15) is 0 Å². The van der Waals surface area contributed by atoms with Crippen LogP contribution in [0.5, 0.6) is 0 Å². The second-order valence-corrected chi connectivity index (χ2v) is 9.17. The standard InChI is InChI=1S/C25H30F2N4O3/c1-3-31(25(33)34)22-15-30(14-19(22)17-7-8-20(26)21(27)12-17)24(32)18-9-11-29(13-16(18)2)23-6-4-5-10-28-23/h4-8,10,12,16,18-19,22H,3,9,11,13-15H2,1-2H3,(H,33,34)/t16?,18?,19-,22+/m0/s1. The van der Waals surface area contributed by atoms with E-state index >= 15 is 0 Å². The lowest BCUT2D eigenvalue weighted by atomic mass is 9.85. The Hall–Kier alpha value is -3.23. The molecule has 0 bridgehead atoms. The van der Waals surface area contributed by atoms with Crippen LogP contribution in [-0.4, -0.2) is 70.7 Å². The number of carbonyl (C=O) groups is 2. The van der Waals surface area contributed by atoms with Gasteiger partial charge in [0.05, 0.1) is 6.04 Å². The van der Waals surface area contributed by atoms with Crippen molar-refractivity contribution in [2.75, 3.05) is 37.6 Å². The first-order chi connectivity index (χ1) is 16.3. The summed E-state index contributed by atoms with van der Waals surface area (Å²) in [5.74, 6) is -1.58. The zero-order valence-electron chi connectivity index (χ0n) is 19.4. The summed E-state index contributed by atoms with van der Waals surface area (Å²) in [6.07, 6.45) is 1.33. The lowest BCUT2D eigenvalue weighted by Gasteiger charge is -2.38. The van der Waals surface area contributed by atoms with Gasteiger partial charge in [0.15, 0.2) is 11.6 Å². The monoisotopic (exact) mass is 472 g/mol. The number of likely N-dealkylation sites (tertiary alicyclic amines) is 1. The number of halogens is 2. The van der Waals surface area contributed by atoms with Crippen LogP contribution in [0.15, 0.2) is 42.6 Å². The number of anilines is 1. The van der Waals surface area contributed by atoms with Crippen molar-refractivity contribution in [1.29, 1.82) is 0 Å². The smallest absolute Gasteiger partial charge is 0.407 e. The van der Waals surface area contributed by atoms with Gasteiger partial charge in [-0.05, 0) is 49.1 Å². The van der Waals surface area contributed by atoms with Crippen molar-refractivity contribution in [3.05, 3.63) is 59.8 Å². The van der Waals surface area contributed by atoms with Crippen LogP contribution in [-0.2, 0) is 4.79 Å². The molecule has 2 aliphatic heterocycles. The van der Waals surface area contributed by atoms with Crippen molar-refractivity contribution >= 4 is 17.8 Å². The molecule has 7 nitrogen and oxygen atoms in total. The number of pyridine rings is 1. The molecular weight excluding hydrogens is 442 g/mol. The summed E-state index contributed by atoms with van der Waals surface area (Å²) in [5, 5.41) is 9.73. The van der Waals surface area contributed by atoms with Gasteiger partial charge in [-0.1, -0.05) is 19.1 Å². The summed E-state index contributed by atoms with van der Waals surface area (Å²) < 4.78 is 27.5. The molecule has 0 radical (unpaired) electrons. The molecule has 0 spiro atoms. The number of piperidine rings is 1. The number of carboxylic acid groups (broad SMARTS) is 1. The highest BCUT2D eigenvalue weighted by Crippen LogP contribution is 2.35. The Labute approximate surface area is 198 Å². The number of rotatable bonds is 5. The average Bonchev–Trinajstić information content (AvgIpc) is 3.26. The number of aromatic nitrogens is 1. The number of amides is 2. The van der Waals surface area contributed by atoms with Crippen molar-refractivity contribution in [1.82, 2.24) is 14.8 Å². The summed E-state index contributed by atoms with van der Waals surface area (Å²) >= 11 is 0. The summed E-state index contributed by atoms with van der Waals surface area (Å²) in [4.78, 5) is 35.0. The minimum atomic E-state index is -1.09. The molecule has 2 unspecified atom stereocenters. The Balaban J connectivity index is 1.52. The molecule has 2 fully saturated rings. The SMILES string of the molecule is CCN(C(=O)O)[C@@H]1CN(C(=O)C2CCN(c3ccccn3)CC2C)C[C@H]1c1ccc(F)c(F)c1. The molecule has 34 heavy (non-hydrogen) atoms. The van der Waals surface area contributed by atoms with E-state index in [-0.39, 0.29) is 37.4 Å². The summed E-state index contributed by atoms with van der Waals surface area (Å²) in [6, 6.07) is 8.89. The van der Waals surface area contributed by atoms with Crippen LogP contribution >= 0.6 is 0 Å². The van der Waals surface area contributed by atoms with Gasteiger partial charge in [-0.15, -0.1) is 0 Å². The van der Waals surface area contributed by atoms with Crippen LogP contribution in [0.4, 0.5) is 19.4 Å². The highest BCUT2D eigenvalue weighted by molar-refractivity contribution is 5.80.